The minimum atomic E-state index is -4.51. The molecular formula is C17H18F3NO3S. The van der Waals surface area contributed by atoms with E-state index in [1.807, 2.05) is 13.8 Å². The normalized spacial score (nSPS) is 20.8. The fourth-order valence-electron chi connectivity index (χ4n) is 3.02. The molecule has 0 bridgehead atoms. The molecule has 2 aliphatic rings. The molecule has 0 aromatic heterocycles. The summed E-state index contributed by atoms with van der Waals surface area (Å²) in [6.45, 7) is 4.23. The molecule has 1 fully saturated rings. The average Bonchev–Trinajstić information content (AvgIpc) is 2.89. The number of hydrogen-bond donors (Lipinski definition) is 0. The summed E-state index contributed by atoms with van der Waals surface area (Å²) in [6.07, 6.45) is -1.56. The zero-order chi connectivity index (χ0) is 18.4. The van der Waals surface area contributed by atoms with Crippen LogP contribution in [-0.2, 0) is 15.6 Å². The number of nitrogens with zero attached hydrogens (tertiary/aromatic N) is 1. The van der Waals surface area contributed by atoms with Gasteiger partial charge in [-0.15, -0.1) is 0 Å². The van der Waals surface area contributed by atoms with Crippen molar-refractivity contribution in [2.75, 3.05) is 12.3 Å². The second-order valence-corrected chi connectivity index (χ2v) is 8.10. The van der Waals surface area contributed by atoms with E-state index < -0.39 is 28.3 Å². The maximum atomic E-state index is 12.5. The Morgan fingerprint density at radius 2 is 2.04 bits per heavy atom. The summed E-state index contributed by atoms with van der Waals surface area (Å²) < 4.78 is 55.4. The summed E-state index contributed by atoms with van der Waals surface area (Å²) in [4.78, 5) is 13.8. The number of fused-ring (bicyclic) bond motifs is 1. The van der Waals surface area contributed by atoms with Crippen LogP contribution in [0.5, 0.6) is 5.75 Å². The van der Waals surface area contributed by atoms with Crippen molar-refractivity contribution in [1.82, 2.24) is 4.90 Å². The van der Waals surface area contributed by atoms with Gasteiger partial charge in [-0.3, -0.25) is 9.00 Å². The van der Waals surface area contributed by atoms with Gasteiger partial charge in [0.1, 0.15) is 17.1 Å². The number of hydrogen-bond acceptors (Lipinski definition) is 3. The maximum absolute atomic E-state index is 12.5. The monoisotopic (exact) mass is 373 g/mol. The number of alkyl halides is 3. The minimum absolute atomic E-state index is 0.0308. The van der Waals surface area contributed by atoms with Crippen molar-refractivity contribution in [3.63, 3.8) is 0 Å². The highest BCUT2D eigenvalue weighted by Gasteiger charge is 2.35. The lowest BCUT2D eigenvalue weighted by Crippen LogP contribution is -2.34. The Labute approximate surface area is 146 Å². The number of benzene rings is 1. The molecule has 1 saturated heterocycles. The van der Waals surface area contributed by atoms with Crippen LogP contribution in [0, 0.1) is 0 Å². The highest BCUT2D eigenvalue weighted by molar-refractivity contribution is 7.85. The molecular weight excluding hydrogens is 355 g/mol. The van der Waals surface area contributed by atoms with Crippen molar-refractivity contribution in [1.29, 1.82) is 0 Å². The van der Waals surface area contributed by atoms with Crippen LogP contribution in [-0.4, -0.2) is 39.1 Å². The van der Waals surface area contributed by atoms with Gasteiger partial charge in [0.05, 0.1) is 16.5 Å². The van der Waals surface area contributed by atoms with Crippen molar-refractivity contribution >= 4 is 22.4 Å². The van der Waals surface area contributed by atoms with E-state index in [-0.39, 0.29) is 10.8 Å². The Morgan fingerprint density at radius 1 is 1.32 bits per heavy atom. The summed E-state index contributed by atoms with van der Waals surface area (Å²) in [7, 11) is -2.21. The van der Waals surface area contributed by atoms with Crippen molar-refractivity contribution in [3.8, 4) is 5.75 Å². The maximum Gasteiger partial charge on any atom is 0.400 e. The first-order valence-electron chi connectivity index (χ1n) is 7.87. The topological polar surface area (TPSA) is 46.6 Å². The largest absolute Gasteiger partial charge is 0.483 e. The first-order valence-corrected chi connectivity index (χ1v) is 9.19. The molecule has 3 rings (SSSR count). The standard InChI is InChI=1S/C17H18F3NO3S/c1-16(2)9-13(21-7-3-4-15(21)22)12-8-11(5-6-14(12)24-16)25(23)10-17(18,19)20/h5-6,8-9H,3-4,7,10H2,1-2H3. The third-order valence-electron chi connectivity index (χ3n) is 4.01. The van der Waals surface area contributed by atoms with Crippen LogP contribution in [0.2, 0.25) is 0 Å². The fourth-order valence-corrected chi connectivity index (χ4v) is 3.95. The lowest BCUT2D eigenvalue weighted by atomic mass is 9.98. The summed E-state index contributed by atoms with van der Waals surface area (Å²) in [5, 5.41) is 0. The first kappa shape index (κ1) is 18.0. The summed E-state index contributed by atoms with van der Waals surface area (Å²) in [5.74, 6) is -0.966. The van der Waals surface area contributed by atoms with Crippen molar-refractivity contribution in [2.24, 2.45) is 0 Å². The van der Waals surface area contributed by atoms with E-state index in [4.69, 9.17) is 4.74 Å². The van der Waals surface area contributed by atoms with Gasteiger partial charge < -0.3 is 9.64 Å². The molecule has 1 aromatic rings. The number of ether oxygens (including phenoxy) is 1. The van der Waals surface area contributed by atoms with Gasteiger partial charge in [0.2, 0.25) is 5.91 Å². The van der Waals surface area contributed by atoms with Crippen LogP contribution in [0.1, 0.15) is 32.3 Å². The Bertz CT molecular complexity index is 771. The number of rotatable bonds is 3. The predicted octanol–water partition coefficient (Wildman–Crippen LogP) is 3.49. The van der Waals surface area contributed by atoms with Gasteiger partial charge in [-0.05, 0) is 44.5 Å². The summed E-state index contributed by atoms with van der Waals surface area (Å²) in [6, 6.07) is 4.34. The van der Waals surface area contributed by atoms with E-state index in [1.54, 1.807) is 11.0 Å². The molecule has 0 saturated carbocycles. The summed E-state index contributed by atoms with van der Waals surface area (Å²) in [5.41, 5.74) is 0.458. The minimum Gasteiger partial charge on any atom is -0.483 e. The zero-order valence-corrected chi connectivity index (χ0v) is 14.7. The van der Waals surface area contributed by atoms with Gasteiger partial charge in [-0.1, -0.05) is 0 Å². The van der Waals surface area contributed by atoms with Crippen molar-refractivity contribution < 1.29 is 26.9 Å². The molecule has 0 spiro atoms. The highest BCUT2D eigenvalue weighted by atomic mass is 32.2. The number of likely N-dealkylation sites (tertiary alicyclic amines) is 1. The van der Waals surface area contributed by atoms with E-state index in [0.29, 0.717) is 30.0 Å². The predicted molar refractivity (Wildman–Crippen MR) is 87.4 cm³/mol. The van der Waals surface area contributed by atoms with Crippen LogP contribution in [0.15, 0.2) is 29.2 Å². The molecule has 136 valence electrons. The Hall–Kier alpha value is -1.83. The molecule has 0 N–H and O–H groups in total. The smallest absolute Gasteiger partial charge is 0.400 e. The molecule has 25 heavy (non-hydrogen) atoms. The van der Waals surface area contributed by atoms with Gasteiger partial charge in [0, 0.05) is 23.4 Å². The third-order valence-corrected chi connectivity index (χ3v) is 5.38. The second-order valence-electron chi connectivity index (χ2n) is 6.65. The van der Waals surface area contributed by atoms with Crippen LogP contribution in [0.3, 0.4) is 0 Å². The number of halogens is 3. The molecule has 4 nitrogen and oxygen atoms in total. The van der Waals surface area contributed by atoms with Gasteiger partial charge in [-0.2, -0.15) is 13.2 Å². The van der Waals surface area contributed by atoms with Gasteiger partial charge in [0.15, 0.2) is 0 Å². The Balaban J connectivity index is 2.02. The second kappa shape index (κ2) is 6.16. The van der Waals surface area contributed by atoms with E-state index in [1.165, 1.54) is 18.2 Å². The average molecular weight is 373 g/mol. The van der Waals surface area contributed by atoms with Crippen LogP contribution < -0.4 is 4.74 Å². The lowest BCUT2D eigenvalue weighted by molar-refractivity contribution is -0.125. The molecule has 8 heteroatoms. The Morgan fingerprint density at radius 3 is 2.64 bits per heavy atom. The van der Waals surface area contributed by atoms with E-state index in [0.717, 1.165) is 6.42 Å². The fraction of sp³-hybridized carbons (Fsp3) is 0.471. The molecule has 1 atom stereocenters. The first-order chi connectivity index (χ1) is 11.6. The van der Waals surface area contributed by atoms with E-state index >= 15 is 0 Å². The van der Waals surface area contributed by atoms with E-state index in [2.05, 4.69) is 0 Å². The highest BCUT2D eigenvalue weighted by Crippen LogP contribution is 2.40. The summed E-state index contributed by atoms with van der Waals surface area (Å²) >= 11 is 0. The van der Waals surface area contributed by atoms with Crippen molar-refractivity contribution in [2.45, 2.75) is 43.4 Å². The number of carbonyl (C=O) groups is 1. The third kappa shape index (κ3) is 3.89. The van der Waals surface area contributed by atoms with Crippen molar-refractivity contribution in [3.05, 3.63) is 29.8 Å². The Kier molecular flexibility index (Phi) is 4.43. The van der Waals surface area contributed by atoms with Crippen LogP contribution in [0.4, 0.5) is 13.2 Å². The molecule has 0 aliphatic carbocycles. The van der Waals surface area contributed by atoms with Crippen LogP contribution in [0.25, 0.3) is 5.70 Å². The number of amides is 1. The molecule has 1 amide bonds. The van der Waals surface area contributed by atoms with Gasteiger partial charge in [-0.25, -0.2) is 0 Å². The van der Waals surface area contributed by atoms with Gasteiger partial charge in [0.25, 0.3) is 0 Å². The van der Waals surface area contributed by atoms with E-state index in [9.17, 15) is 22.2 Å². The molecule has 2 aliphatic heterocycles. The van der Waals surface area contributed by atoms with Gasteiger partial charge >= 0.3 is 6.18 Å². The quantitative estimate of drug-likeness (QED) is 0.815. The zero-order valence-electron chi connectivity index (χ0n) is 13.9. The van der Waals surface area contributed by atoms with Crippen LogP contribution >= 0.6 is 0 Å². The molecule has 1 unspecified atom stereocenters. The number of carbonyl (C=O) groups excluding carboxylic acids is 1. The molecule has 0 radical (unpaired) electrons. The SMILES string of the molecule is CC1(C)C=C(N2CCCC2=O)c2cc(S(=O)CC(F)(F)F)ccc2O1. The molecule has 1 aromatic carbocycles. The lowest BCUT2D eigenvalue weighted by Gasteiger charge is -2.34. The molecule has 2 heterocycles.